The van der Waals surface area contributed by atoms with Crippen molar-refractivity contribution in [2.45, 2.75) is 24.3 Å². The van der Waals surface area contributed by atoms with Crippen LogP contribution >= 0.6 is 11.8 Å². The summed E-state index contributed by atoms with van der Waals surface area (Å²) in [4.78, 5) is 36.2. The number of carbonyl (C=O) groups is 3. The predicted octanol–water partition coefficient (Wildman–Crippen LogP) is 2.89. The van der Waals surface area contributed by atoms with Crippen LogP contribution in [0.3, 0.4) is 0 Å². The molecule has 0 fully saturated rings. The van der Waals surface area contributed by atoms with E-state index in [-0.39, 0.29) is 10.5 Å². The van der Waals surface area contributed by atoms with E-state index in [0.717, 1.165) is 18.2 Å². The molecule has 0 spiro atoms. The minimum atomic E-state index is -0.982. The summed E-state index contributed by atoms with van der Waals surface area (Å²) < 4.78 is 27.5. The van der Waals surface area contributed by atoms with Crippen molar-refractivity contribution in [3.63, 3.8) is 0 Å². The van der Waals surface area contributed by atoms with Gasteiger partial charge in [-0.05, 0) is 42.4 Å². The molecule has 5 nitrogen and oxygen atoms in total. The van der Waals surface area contributed by atoms with E-state index in [9.17, 15) is 23.2 Å². The second-order valence-electron chi connectivity index (χ2n) is 5.32. The van der Waals surface area contributed by atoms with Crippen molar-refractivity contribution in [1.29, 1.82) is 0 Å². The van der Waals surface area contributed by atoms with Crippen LogP contribution in [0.1, 0.15) is 34.1 Å². The zero-order valence-corrected chi connectivity index (χ0v) is 14.6. The number of hydrogen-bond acceptors (Lipinski definition) is 4. The van der Waals surface area contributed by atoms with E-state index >= 15 is 0 Å². The standard InChI is InChI=1S/C18H16F2N2O3S/c1-2-13(16(21)23)22-17(24)10-6-3-4-9-14(10)26-18(25)15-11(19)7-5-8-12(15)20/h3-9,13H,2H2,1H3,(H2,21,23)(H,22,24)/t13-/m0/s1. The zero-order valence-electron chi connectivity index (χ0n) is 13.8. The summed E-state index contributed by atoms with van der Waals surface area (Å²) in [6, 6.07) is 8.32. The van der Waals surface area contributed by atoms with E-state index < -0.39 is 40.2 Å². The minimum Gasteiger partial charge on any atom is -0.368 e. The average Bonchev–Trinajstić information content (AvgIpc) is 2.59. The van der Waals surface area contributed by atoms with E-state index in [1.54, 1.807) is 19.1 Å². The molecule has 0 radical (unpaired) electrons. The lowest BCUT2D eigenvalue weighted by molar-refractivity contribution is -0.119. The maximum absolute atomic E-state index is 13.8. The molecule has 2 aromatic rings. The number of hydrogen-bond donors (Lipinski definition) is 2. The lowest BCUT2D eigenvalue weighted by Crippen LogP contribution is -2.44. The van der Waals surface area contributed by atoms with Crippen molar-refractivity contribution in [1.82, 2.24) is 5.32 Å². The summed E-state index contributed by atoms with van der Waals surface area (Å²) in [6.45, 7) is 1.68. The zero-order chi connectivity index (χ0) is 19.3. The average molecular weight is 378 g/mol. The quantitative estimate of drug-likeness (QED) is 0.757. The van der Waals surface area contributed by atoms with Crippen LogP contribution in [0.4, 0.5) is 8.78 Å². The van der Waals surface area contributed by atoms with Crippen LogP contribution < -0.4 is 11.1 Å². The van der Waals surface area contributed by atoms with Crippen LogP contribution in [0.5, 0.6) is 0 Å². The first-order valence-corrected chi connectivity index (χ1v) is 8.52. The first kappa shape index (κ1) is 19.6. The number of thioether (sulfide) groups is 1. The Morgan fingerprint density at radius 3 is 2.27 bits per heavy atom. The molecule has 0 unspecified atom stereocenters. The van der Waals surface area contributed by atoms with Gasteiger partial charge >= 0.3 is 0 Å². The van der Waals surface area contributed by atoms with Gasteiger partial charge in [-0.2, -0.15) is 0 Å². The maximum Gasteiger partial charge on any atom is 0.253 e. The lowest BCUT2D eigenvalue weighted by Gasteiger charge is -2.15. The molecule has 0 aromatic heterocycles. The number of amides is 2. The Balaban J connectivity index is 2.28. The van der Waals surface area contributed by atoms with Gasteiger partial charge in [0.15, 0.2) is 0 Å². The number of primary amides is 1. The molecule has 0 aliphatic heterocycles. The summed E-state index contributed by atoms with van der Waals surface area (Å²) >= 11 is 0.527. The van der Waals surface area contributed by atoms with Gasteiger partial charge in [-0.3, -0.25) is 14.4 Å². The van der Waals surface area contributed by atoms with Crippen molar-refractivity contribution in [2.75, 3.05) is 0 Å². The number of rotatable bonds is 6. The fourth-order valence-electron chi connectivity index (χ4n) is 2.20. The maximum atomic E-state index is 13.8. The highest BCUT2D eigenvalue weighted by molar-refractivity contribution is 8.14. The normalized spacial score (nSPS) is 11.7. The van der Waals surface area contributed by atoms with E-state index in [1.165, 1.54) is 12.1 Å². The molecule has 1 atom stereocenters. The Morgan fingerprint density at radius 2 is 1.69 bits per heavy atom. The lowest BCUT2D eigenvalue weighted by atomic mass is 10.1. The van der Waals surface area contributed by atoms with Gasteiger partial charge in [-0.1, -0.05) is 25.1 Å². The molecule has 0 saturated carbocycles. The number of halogens is 2. The summed E-state index contributed by atoms with van der Waals surface area (Å²) in [7, 11) is 0. The highest BCUT2D eigenvalue weighted by atomic mass is 32.2. The Labute approximate surface area is 153 Å². The first-order chi connectivity index (χ1) is 12.3. The van der Waals surface area contributed by atoms with E-state index in [1.807, 2.05) is 0 Å². The molecular formula is C18H16F2N2O3S. The molecule has 8 heteroatoms. The van der Waals surface area contributed by atoms with Gasteiger partial charge in [-0.25, -0.2) is 8.78 Å². The third-order valence-corrected chi connectivity index (χ3v) is 4.52. The summed E-state index contributed by atoms with van der Waals surface area (Å²) in [5.74, 6) is -3.26. The Bertz CT molecular complexity index is 838. The Morgan fingerprint density at radius 1 is 1.08 bits per heavy atom. The second-order valence-corrected chi connectivity index (χ2v) is 6.33. The van der Waals surface area contributed by atoms with Crippen molar-refractivity contribution in [3.8, 4) is 0 Å². The van der Waals surface area contributed by atoms with Crippen LogP contribution in [0.15, 0.2) is 47.4 Å². The number of benzene rings is 2. The van der Waals surface area contributed by atoms with E-state index in [4.69, 9.17) is 5.73 Å². The number of carbonyl (C=O) groups excluding carboxylic acids is 3. The van der Waals surface area contributed by atoms with E-state index in [2.05, 4.69) is 5.32 Å². The molecule has 2 aromatic carbocycles. The fourth-order valence-corrected chi connectivity index (χ4v) is 3.11. The van der Waals surface area contributed by atoms with Crippen LogP contribution in [-0.4, -0.2) is 23.0 Å². The van der Waals surface area contributed by atoms with Crippen molar-refractivity contribution in [3.05, 3.63) is 65.2 Å². The summed E-state index contributed by atoms with van der Waals surface area (Å²) in [6.07, 6.45) is 0.301. The van der Waals surface area contributed by atoms with Gasteiger partial charge < -0.3 is 11.1 Å². The second kappa shape index (κ2) is 8.57. The smallest absolute Gasteiger partial charge is 0.253 e. The highest BCUT2D eigenvalue weighted by Crippen LogP contribution is 2.28. The van der Waals surface area contributed by atoms with Crippen molar-refractivity contribution < 1.29 is 23.2 Å². The monoisotopic (exact) mass is 378 g/mol. The molecular weight excluding hydrogens is 362 g/mol. The van der Waals surface area contributed by atoms with Crippen LogP contribution in [-0.2, 0) is 4.79 Å². The highest BCUT2D eigenvalue weighted by Gasteiger charge is 2.23. The fraction of sp³-hybridized carbons (Fsp3) is 0.167. The van der Waals surface area contributed by atoms with Crippen molar-refractivity contribution >= 4 is 28.7 Å². The molecule has 0 saturated heterocycles. The topological polar surface area (TPSA) is 89.3 Å². The van der Waals surface area contributed by atoms with Gasteiger partial charge in [0.25, 0.3) is 5.91 Å². The molecule has 3 N–H and O–H groups in total. The van der Waals surface area contributed by atoms with Crippen molar-refractivity contribution in [2.24, 2.45) is 5.73 Å². The Kier molecular flexibility index (Phi) is 6.46. The van der Waals surface area contributed by atoms with Crippen LogP contribution in [0.25, 0.3) is 0 Å². The number of nitrogens with two attached hydrogens (primary N) is 1. The Hall–Kier alpha value is -2.74. The molecule has 0 heterocycles. The van der Waals surface area contributed by atoms with Gasteiger partial charge in [0, 0.05) is 4.90 Å². The van der Waals surface area contributed by atoms with Gasteiger partial charge in [0.2, 0.25) is 11.0 Å². The van der Waals surface area contributed by atoms with E-state index in [0.29, 0.717) is 18.2 Å². The molecule has 136 valence electrons. The molecule has 0 bridgehead atoms. The van der Waals surface area contributed by atoms with Gasteiger partial charge in [0.05, 0.1) is 5.56 Å². The summed E-state index contributed by atoms with van der Waals surface area (Å²) in [5, 5.41) is 1.60. The predicted molar refractivity (Wildman–Crippen MR) is 93.7 cm³/mol. The third kappa shape index (κ3) is 4.45. The largest absolute Gasteiger partial charge is 0.368 e. The molecule has 2 rings (SSSR count). The molecule has 2 amide bonds. The SMILES string of the molecule is CC[C@H](NC(=O)c1ccccc1SC(=O)c1c(F)cccc1F)C(N)=O. The summed E-state index contributed by atoms with van der Waals surface area (Å²) in [5.41, 5.74) is 4.62. The van der Waals surface area contributed by atoms with Gasteiger partial charge in [-0.15, -0.1) is 0 Å². The third-order valence-electron chi connectivity index (χ3n) is 3.56. The molecule has 0 aliphatic carbocycles. The minimum absolute atomic E-state index is 0.0993. The van der Waals surface area contributed by atoms with Crippen LogP contribution in [0, 0.1) is 11.6 Å². The molecule has 26 heavy (non-hydrogen) atoms. The van der Waals surface area contributed by atoms with Crippen LogP contribution in [0.2, 0.25) is 0 Å². The number of nitrogens with one attached hydrogen (secondary N) is 1. The first-order valence-electron chi connectivity index (χ1n) is 7.70. The van der Waals surface area contributed by atoms with Gasteiger partial charge in [0.1, 0.15) is 23.2 Å². The molecule has 0 aliphatic rings.